The normalized spacial score (nSPS) is 16.9. The molecule has 3 aromatic rings. The van der Waals surface area contributed by atoms with Crippen LogP contribution in [0.4, 0.5) is 0 Å². The van der Waals surface area contributed by atoms with Gasteiger partial charge in [0.05, 0.1) is 16.7 Å². The summed E-state index contributed by atoms with van der Waals surface area (Å²) in [6.07, 6.45) is 0.298. The molecule has 1 N–H and O–H groups in total. The van der Waals surface area contributed by atoms with Crippen LogP contribution < -0.4 is 5.32 Å². The molecular weight excluding hydrogens is 352 g/mol. The van der Waals surface area contributed by atoms with Crippen molar-refractivity contribution in [2.24, 2.45) is 0 Å². The quantitative estimate of drug-likeness (QED) is 0.694. The molecule has 1 amide bonds. The Labute approximate surface area is 162 Å². The van der Waals surface area contributed by atoms with Gasteiger partial charge in [-0.25, -0.2) is 0 Å². The fourth-order valence-corrected chi connectivity index (χ4v) is 4.52. The van der Waals surface area contributed by atoms with Crippen LogP contribution in [-0.4, -0.2) is 5.91 Å². The summed E-state index contributed by atoms with van der Waals surface area (Å²) < 4.78 is 0. The Balaban J connectivity index is 1.73. The van der Waals surface area contributed by atoms with E-state index in [1.807, 2.05) is 54.6 Å². The number of fused-ring (bicyclic) bond motifs is 1. The molecule has 1 aliphatic rings. The molecule has 27 heavy (non-hydrogen) atoms. The second kappa shape index (κ2) is 7.69. The lowest BCUT2D eigenvalue weighted by atomic mass is 9.84. The maximum Gasteiger partial charge on any atom is 0.225 e. The second-order valence-electron chi connectivity index (χ2n) is 6.50. The first-order valence-electron chi connectivity index (χ1n) is 8.85. The Kier molecular flexibility index (Phi) is 4.95. The summed E-state index contributed by atoms with van der Waals surface area (Å²) in [4.78, 5) is 12.4. The zero-order valence-corrected chi connectivity index (χ0v) is 15.5. The Morgan fingerprint density at radius 3 is 2.56 bits per heavy atom. The number of nitriles is 1. The lowest BCUT2D eigenvalue weighted by Crippen LogP contribution is -2.30. The van der Waals surface area contributed by atoms with Gasteiger partial charge in [0.2, 0.25) is 5.91 Å². The molecule has 0 aliphatic carbocycles. The summed E-state index contributed by atoms with van der Waals surface area (Å²) in [5.74, 6) is 0.458. The molecule has 0 radical (unpaired) electrons. The highest BCUT2D eigenvalue weighted by Gasteiger charge is 2.30. The predicted octanol–water partition coefficient (Wildman–Crippen LogP) is 5.11. The molecule has 0 saturated carbocycles. The van der Waals surface area contributed by atoms with Gasteiger partial charge in [0.15, 0.2) is 0 Å². The maximum atomic E-state index is 12.4. The van der Waals surface area contributed by atoms with Crippen LogP contribution in [0.5, 0.6) is 0 Å². The van der Waals surface area contributed by atoms with Crippen molar-refractivity contribution in [3.63, 3.8) is 0 Å². The van der Waals surface area contributed by atoms with Crippen molar-refractivity contribution in [3.8, 4) is 6.07 Å². The average Bonchev–Trinajstić information content (AvgIpc) is 2.72. The molecule has 1 atom stereocenters. The smallest absolute Gasteiger partial charge is 0.225 e. The van der Waals surface area contributed by atoms with Crippen molar-refractivity contribution in [2.45, 2.75) is 18.1 Å². The Hall–Kier alpha value is -3.03. The fourth-order valence-electron chi connectivity index (χ4n) is 3.48. The van der Waals surface area contributed by atoms with Gasteiger partial charge in [-0.2, -0.15) is 5.26 Å². The number of hydrogen-bond acceptors (Lipinski definition) is 3. The molecule has 1 heterocycles. The molecule has 4 heteroatoms. The van der Waals surface area contributed by atoms with Crippen LogP contribution in [0, 0.1) is 11.3 Å². The Morgan fingerprint density at radius 2 is 1.74 bits per heavy atom. The minimum absolute atomic E-state index is 0.0394. The van der Waals surface area contributed by atoms with Gasteiger partial charge < -0.3 is 5.32 Å². The third kappa shape index (κ3) is 3.60. The van der Waals surface area contributed by atoms with Crippen molar-refractivity contribution < 1.29 is 4.79 Å². The number of rotatable bonds is 4. The van der Waals surface area contributed by atoms with E-state index in [4.69, 9.17) is 0 Å². The highest BCUT2D eigenvalue weighted by molar-refractivity contribution is 8.02. The largest absolute Gasteiger partial charge is 0.320 e. The van der Waals surface area contributed by atoms with E-state index in [1.165, 1.54) is 11.8 Å². The van der Waals surface area contributed by atoms with Crippen molar-refractivity contribution in [3.05, 3.63) is 94.5 Å². The van der Waals surface area contributed by atoms with Gasteiger partial charge in [0.1, 0.15) is 0 Å². The SMILES string of the molecule is N#CC1=C(SCc2ccccc2)NC(=O)C[C@@H]1c1cccc2ccccc12. The summed E-state index contributed by atoms with van der Waals surface area (Å²) in [5.41, 5.74) is 2.85. The number of allylic oxidation sites excluding steroid dienone is 1. The Bertz CT molecular complexity index is 1060. The summed E-state index contributed by atoms with van der Waals surface area (Å²) in [6, 6.07) is 26.6. The zero-order valence-electron chi connectivity index (χ0n) is 14.7. The van der Waals surface area contributed by atoms with Gasteiger partial charge in [-0.05, 0) is 21.9 Å². The Morgan fingerprint density at radius 1 is 1.00 bits per heavy atom. The topological polar surface area (TPSA) is 52.9 Å². The van der Waals surface area contributed by atoms with E-state index in [-0.39, 0.29) is 11.8 Å². The van der Waals surface area contributed by atoms with Gasteiger partial charge in [-0.3, -0.25) is 4.79 Å². The molecule has 3 aromatic carbocycles. The monoisotopic (exact) mass is 370 g/mol. The standard InChI is InChI=1S/C23H18N2OS/c24-14-21-20(19-12-6-10-17-9-4-5-11-18(17)19)13-22(26)25-23(21)27-15-16-7-2-1-3-8-16/h1-12,20H,13,15H2,(H,25,26)/t20-/m1/s1. The fraction of sp³-hybridized carbons (Fsp3) is 0.130. The zero-order chi connectivity index (χ0) is 18.6. The van der Waals surface area contributed by atoms with E-state index in [9.17, 15) is 10.1 Å². The minimum Gasteiger partial charge on any atom is -0.320 e. The van der Waals surface area contributed by atoms with Crippen LogP contribution in [0.25, 0.3) is 10.8 Å². The van der Waals surface area contributed by atoms with Crippen molar-refractivity contribution in [1.29, 1.82) is 5.26 Å². The highest BCUT2D eigenvalue weighted by atomic mass is 32.2. The van der Waals surface area contributed by atoms with Gasteiger partial charge in [0, 0.05) is 18.1 Å². The lowest BCUT2D eigenvalue weighted by Gasteiger charge is -2.26. The number of nitrogens with one attached hydrogen (secondary N) is 1. The van der Waals surface area contributed by atoms with E-state index < -0.39 is 0 Å². The first-order chi connectivity index (χ1) is 13.3. The number of nitrogens with zero attached hydrogens (tertiary/aromatic N) is 1. The summed E-state index contributed by atoms with van der Waals surface area (Å²) >= 11 is 1.52. The number of thioether (sulfide) groups is 1. The summed E-state index contributed by atoms with van der Waals surface area (Å²) in [7, 11) is 0. The number of carbonyl (C=O) groups excluding carboxylic acids is 1. The molecule has 0 unspecified atom stereocenters. The van der Waals surface area contributed by atoms with Crippen LogP contribution in [-0.2, 0) is 10.5 Å². The van der Waals surface area contributed by atoms with Crippen LogP contribution >= 0.6 is 11.8 Å². The van der Waals surface area contributed by atoms with Gasteiger partial charge in [-0.1, -0.05) is 72.8 Å². The predicted molar refractivity (Wildman–Crippen MR) is 110 cm³/mol. The molecule has 4 rings (SSSR count). The second-order valence-corrected chi connectivity index (χ2v) is 7.49. The van der Waals surface area contributed by atoms with Crippen LogP contribution in [0.1, 0.15) is 23.5 Å². The van der Waals surface area contributed by atoms with Gasteiger partial charge >= 0.3 is 0 Å². The number of carbonyl (C=O) groups is 1. The van der Waals surface area contributed by atoms with Crippen molar-refractivity contribution >= 4 is 28.4 Å². The first kappa shape index (κ1) is 17.4. The highest BCUT2D eigenvalue weighted by Crippen LogP contribution is 2.39. The van der Waals surface area contributed by atoms with Crippen LogP contribution in [0.3, 0.4) is 0 Å². The number of hydrogen-bond donors (Lipinski definition) is 1. The van der Waals surface area contributed by atoms with Crippen molar-refractivity contribution in [2.75, 3.05) is 0 Å². The van der Waals surface area contributed by atoms with E-state index in [1.54, 1.807) is 0 Å². The molecule has 1 aliphatic heterocycles. The van der Waals surface area contributed by atoms with Crippen LogP contribution in [0.2, 0.25) is 0 Å². The average molecular weight is 370 g/mol. The van der Waals surface area contributed by atoms with Crippen LogP contribution in [0.15, 0.2) is 83.4 Å². The van der Waals surface area contributed by atoms with Crippen molar-refractivity contribution in [1.82, 2.24) is 5.32 Å². The van der Waals surface area contributed by atoms with Gasteiger partial charge in [0.25, 0.3) is 0 Å². The third-order valence-corrected chi connectivity index (χ3v) is 5.87. The maximum absolute atomic E-state index is 12.4. The molecule has 0 spiro atoms. The molecule has 0 fully saturated rings. The molecule has 0 saturated heterocycles. The first-order valence-corrected chi connectivity index (χ1v) is 9.83. The molecule has 0 aromatic heterocycles. The lowest BCUT2D eigenvalue weighted by molar-refractivity contribution is -0.120. The molecule has 132 valence electrons. The van der Waals surface area contributed by atoms with Gasteiger partial charge in [-0.15, -0.1) is 11.8 Å². The molecule has 3 nitrogen and oxygen atoms in total. The number of benzene rings is 3. The number of amides is 1. The van der Waals surface area contributed by atoms with E-state index in [2.05, 4.69) is 29.6 Å². The molecular formula is C23H18N2OS. The minimum atomic E-state index is -0.215. The summed E-state index contributed by atoms with van der Waals surface area (Å²) in [6.45, 7) is 0. The summed E-state index contributed by atoms with van der Waals surface area (Å²) in [5, 5.41) is 15.7. The van der Waals surface area contributed by atoms with E-state index in [0.717, 1.165) is 21.9 Å². The molecule has 0 bridgehead atoms. The van der Waals surface area contributed by atoms with E-state index in [0.29, 0.717) is 22.8 Å². The third-order valence-electron chi connectivity index (χ3n) is 4.78. The van der Waals surface area contributed by atoms with E-state index >= 15 is 0 Å².